The predicted molar refractivity (Wildman–Crippen MR) is 135 cm³/mol. The molecule has 0 aromatic heterocycles. The molecule has 3 aromatic rings. The minimum Gasteiger partial charge on any atom is -0.496 e. The SMILES string of the molecule is COc1ccc(C)cc1NCc1c(-c2ccc(F)cc2OC)ccc2c1C(C)=CC(C)(C)N2. The first-order valence-corrected chi connectivity index (χ1v) is 11.1. The molecule has 0 saturated carbocycles. The highest BCUT2D eigenvalue weighted by Gasteiger charge is 2.26. The Balaban J connectivity index is 1.87. The maximum Gasteiger partial charge on any atom is 0.141 e. The van der Waals surface area contributed by atoms with E-state index in [4.69, 9.17) is 9.47 Å². The van der Waals surface area contributed by atoms with Crippen molar-refractivity contribution in [1.82, 2.24) is 0 Å². The number of ether oxygens (including phenoxy) is 2. The third-order valence-corrected chi connectivity index (χ3v) is 6.01. The molecule has 0 unspecified atom stereocenters. The van der Waals surface area contributed by atoms with E-state index in [9.17, 15) is 4.39 Å². The van der Waals surface area contributed by atoms with E-state index in [1.165, 1.54) is 17.7 Å². The summed E-state index contributed by atoms with van der Waals surface area (Å²) >= 11 is 0. The number of hydrogen-bond acceptors (Lipinski definition) is 4. The average Bonchev–Trinajstić information content (AvgIpc) is 2.76. The van der Waals surface area contributed by atoms with Gasteiger partial charge in [-0.3, -0.25) is 0 Å². The molecule has 0 fully saturated rings. The van der Waals surface area contributed by atoms with Crippen molar-refractivity contribution < 1.29 is 13.9 Å². The van der Waals surface area contributed by atoms with E-state index in [1.54, 1.807) is 20.3 Å². The monoisotopic (exact) mass is 446 g/mol. The number of anilines is 2. The third kappa shape index (κ3) is 4.54. The topological polar surface area (TPSA) is 42.5 Å². The second kappa shape index (κ2) is 8.81. The van der Waals surface area contributed by atoms with Gasteiger partial charge in [-0.1, -0.05) is 18.2 Å². The molecule has 0 aliphatic carbocycles. The van der Waals surface area contributed by atoms with Gasteiger partial charge in [0.2, 0.25) is 0 Å². The summed E-state index contributed by atoms with van der Waals surface area (Å²) in [6, 6.07) is 15.0. The number of rotatable bonds is 6. The van der Waals surface area contributed by atoms with Crippen LogP contribution in [0.25, 0.3) is 16.7 Å². The molecule has 0 bridgehead atoms. The molecule has 0 spiro atoms. The Labute approximate surface area is 195 Å². The van der Waals surface area contributed by atoms with Crippen LogP contribution in [0.4, 0.5) is 15.8 Å². The molecule has 1 aliphatic rings. The van der Waals surface area contributed by atoms with Gasteiger partial charge in [0.15, 0.2) is 0 Å². The maximum absolute atomic E-state index is 13.9. The number of halogens is 1. The summed E-state index contributed by atoms with van der Waals surface area (Å²) in [5.74, 6) is 0.977. The Morgan fingerprint density at radius 1 is 0.909 bits per heavy atom. The summed E-state index contributed by atoms with van der Waals surface area (Å²) in [4.78, 5) is 0. The number of fused-ring (bicyclic) bond motifs is 1. The number of nitrogens with one attached hydrogen (secondary N) is 2. The third-order valence-electron chi connectivity index (χ3n) is 6.01. The summed E-state index contributed by atoms with van der Waals surface area (Å²) in [5, 5.41) is 7.21. The molecular weight excluding hydrogens is 415 g/mol. The van der Waals surface area contributed by atoms with E-state index in [0.717, 1.165) is 44.9 Å². The van der Waals surface area contributed by atoms with Crippen molar-refractivity contribution in [3.63, 3.8) is 0 Å². The van der Waals surface area contributed by atoms with E-state index in [0.29, 0.717) is 12.3 Å². The zero-order valence-corrected chi connectivity index (χ0v) is 20.1. The number of hydrogen-bond donors (Lipinski definition) is 2. The van der Waals surface area contributed by atoms with E-state index in [1.807, 2.05) is 12.1 Å². The van der Waals surface area contributed by atoms with Crippen molar-refractivity contribution in [3.05, 3.63) is 77.1 Å². The molecule has 33 heavy (non-hydrogen) atoms. The van der Waals surface area contributed by atoms with Crippen LogP contribution in [0.3, 0.4) is 0 Å². The van der Waals surface area contributed by atoms with Crippen LogP contribution in [0.2, 0.25) is 0 Å². The van der Waals surface area contributed by atoms with Gasteiger partial charge in [0.25, 0.3) is 0 Å². The van der Waals surface area contributed by atoms with E-state index < -0.39 is 0 Å². The highest BCUT2D eigenvalue weighted by molar-refractivity contribution is 5.88. The lowest BCUT2D eigenvalue weighted by Crippen LogP contribution is -2.32. The molecule has 4 rings (SSSR count). The number of aryl methyl sites for hydroxylation is 1. The Hall–Kier alpha value is -3.47. The molecule has 3 aromatic carbocycles. The maximum atomic E-state index is 13.9. The van der Waals surface area contributed by atoms with Crippen LogP contribution in [0.1, 0.15) is 37.5 Å². The predicted octanol–water partition coefficient (Wildman–Crippen LogP) is 7.04. The lowest BCUT2D eigenvalue weighted by molar-refractivity contribution is 0.413. The fourth-order valence-electron chi connectivity index (χ4n) is 4.67. The van der Waals surface area contributed by atoms with Gasteiger partial charge in [-0.15, -0.1) is 0 Å². The van der Waals surface area contributed by atoms with Crippen molar-refractivity contribution in [2.75, 3.05) is 24.9 Å². The van der Waals surface area contributed by atoms with Gasteiger partial charge in [0.1, 0.15) is 17.3 Å². The van der Waals surface area contributed by atoms with Crippen LogP contribution >= 0.6 is 0 Å². The van der Waals surface area contributed by atoms with E-state index in [-0.39, 0.29) is 11.4 Å². The molecule has 0 amide bonds. The van der Waals surface area contributed by atoms with Crippen molar-refractivity contribution in [2.24, 2.45) is 0 Å². The highest BCUT2D eigenvalue weighted by Crippen LogP contribution is 2.43. The van der Waals surface area contributed by atoms with Gasteiger partial charge in [-0.25, -0.2) is 4.39 Å². The fourth-order valence-corrected chi connectivity index (χ4v) is 4.67. The molecule has 2 N–H and O–H groups in total. The highest BCUT2D eigenvalue weighted by atomic mass is 19.1. The second-order valence-electron chi connectivity index (χ2n) is 9.09. The minimum absolute atomic E-state index is 0.142. The summed E-state index contributed by atoms with van der Waals surface area (Å²) in [6.07, 6.45) is 2.25. The van der Waals surface area contributed by atoms with E-state index >= 15 is 0 Å². The van der Waals surface area contributed by atoms with Gasteiger partial charge in [0, 0.05) is 29.4 Å². The summed E-state index contributed by atoms with van der Waals surface area (Å²) in [6.45, 7) is 9.08. The first-order chi connectivity index (χ1) is 15.7. The first-order valence-electron chi connectivity index (χ1n) is 11.1. The molecule has 4 nitrogen and oxygen atoms in total. The molecule has 0 saturated heterocycles. The summed E-state index contributed by atoms with van der Waals surface area (Å²) < 4.78 is 25.0. The fraction of sp³-hybridized carbons (Fsp3) is 0.286. The number of methoxy groups -OCH3 is 2. The lowest BCUT2D eigenvalue weighted by Gasteiger charge is -2.33. The second-order valence-corrected chi connectivity index (χ2v) is 9.09. The Morgan fingerprint density at radius 3 is 2.36 bits per heavy atom. The van der Waals surface area contributed by atoms with Crippen LogP contribution in [-0.2, 0) is 6.54 Å². The molecular formula is C28H31FN2O2. The quantitative estimate of drug-likeness (QED) is 0.426. The zero-order chi connectivity index (χ0) is 23.8. The van der Waals surface area contributed by atoms with Crippen LogP contribution < -0.4 is 20.1 Å². The van der Waals surface area contributed by atoms with Crippen molar-refractivity contribution in [3.8, 4) is 22.6 Å². The van der Waals surface area contributed by atoms with Crippen LogP contribution in [0, 0.1) is 12.7 Å². The Morgan fingerprint density at radius 2 is 1.64 bits per heavy atom. The van der Waals surface area contributed by atoms with Gasteiger partial charge >= 0.3 is 0 Å². The largest absolute Gasteiger partial charge is 0.496 e. The lowest BCUT2D eigenvalue weighted by atomic mass is 9.85. The molecule has 5 heteroatoms. The molecule has 1 heterocycles. The number of allylic oxidation sites excluding steroid dienone is 1. The molecule has 1 aliphatic heterocycles. The summed E-state index contributed by atoms with van der Waals surface area (Å²) in [5.41, 5.74) is 8.33. The molecule has 172 valence electrons. The minimum atomic E-state index is -0.322. The summed E-state index contributed by atoms with van der Waals surface area (Å²) in [7, 11) is 3.25. The van der Waals surface area contributed by atoms with E-state index in [2.05, 4.69) is 62.6 Å². The van der Waals surface area contributed by atoms with Crippen LogP contribution in [-0.4, -0.2) is 19.8 Å². The number of benzene rings is 3. The van der Waals surface area contributed by atoms with Gasteiger partial charge in [-0.2, -0.15) is 0 Å². The van der Waals surface area contributed by atoms with Crippen LogP contribution in [0.5, 0.6) is 11.5 Å². The average molecular weight is 447 g/mol. The first kappa shape index (κ1) is 22.7. The zero-order valence-electron chi connectivity index (χ0n) is 20.1. The standard InChI is InChI=1S/C28H31FN2O2/c1-17-7-12-25(32-5)24(13-17)30-16-22-20(21-9-8-19(29)14-26(21)33-6)10-11-23-27(22)18(2)15-28(3,4)31-23/h7-15,30-31H,16H2,1-6H3. The molecule has 0 radical (unpaired) electrons. The van der Waals surface area contributed by atoms with Crippen molar-refractivity contribution >= 4 is 16.9 Å². The Kier molecular flexibility index (Phi) is 6.07. The van der Waals surface area contributed by atoms with Crippen molar-refractivity contribution in [2.45, 2.75) is 39.8 Å². The van der Waals surface area contributed by atoms with Gasteiger partial charge in [0.05, 0.1) is 25.4 Å². The smallest absolute Gasteiger partial charge is 0.141 e. The molecule has 0 atom stereocenters. The Bertz CT molecular complexity index is 1230. The van der Waals surface area contributed by atoms with Crippen LogP contribution in [0.15, 0.2) is 54.6 Å². The van der Waals surface area contributed by atoms with Gasteiger partial charge in [-0.05, 0) is 80.3 Å². The normalized spacial score (nSPS) is 14.1. The van der Waals surface area contributed by atoms with Crippen molar-refractivity contribution in [1.29, 1.82) is 0 Å². The van der Waals surface area contributed by atoms with Gasteiger partial charge < -0.3 is 20.1 Å².